The Morgan fingerprint density at radius 3 is 2.95 bits per heavy atom. The number of nitrogens with one attached hydrogen (secondary N) is 1. The van der Waals surface area contributed by atoms with E-state index in [1.807, 2.05) is 6.07 Å². The van der Waals surface area contributed by atoms with Gasteiger partial charge in [-0.2, -0.15) is 0 Å². The summed E-state index contributed by atoms with van der Waals surface area (Å²) >= 11 is 0. The van der Waals surface area contributed by atoms with Crippen molar-refractivity contribution < 1.29 is 9.53 Å². The molecule has 1 aromatic carbocycles. The minimum Gasteiger partial charge on any atom is -0.497 e. The highest BCUT2D eigenvalue weighted by Crippen LogP contribution is 2.47. The standard InChI is InChI=1S/C18H25NO2/c1-12(2)9-16-18(11-17(20)19-16)8-4-5-13-10-14(21-3)6-7-15(13)18/h6-7,10,12,16H,4-5,8-9,11H2,1-3H3,(H,19,20). The van der Waals surface area contributed by atoms with Crippen LogP contribution in [0.3, 0.4) is 0 Å². The fraction of sp³-hybridized carbons (Fsp3) is 0.611. The highest BCUT2D eigenvalue weighted by atomic mass is 16.5. The number of fused-ring (bicyclic) bond motifs is 2. The molecule has 1 N–H and O–H groups in total. The maximum atomic E-state index is 12.1. The lowest BCUT2D eigenvalue weighted by Crippen LogP contribution is -2.43. The van der Waals surface area contributed by atoms with Crippen molar-refractivity contribution in [2.24, 2.45) is 5.92 Å². The Bertz CT molecular complexity index is 552. The van der Waals surface area contributed by atoms with Crippen molar-refractivity contribution >= 4 is 5.91 Å². The molecule has 3 rings (SSSR count). The first kappa shape index (κ1) is 14.4. The smallest absolute Gasteiger partial charge is 0.221 e. The molecule has 0 aromatic heterocycles. The van der Waals surface area contributed by atoms with Gasteiger partial charge < -0.3 is 10.1 Å². The first-order valence-corrected chi connectivity index (χ1v) is 8.02. The predicted octanol–water partition coefficient (Wildman–Crippen LogP) is 3.20. The first-order chi connectivity index (χ1) is 10.0. The van der Waals surface area contributed by atoms with Crippen LogP contribution in [0, 0.1) is 5.92 Å². The van der Waals surface area contributed by atoms with Crippen LogP contribution < -0.4 is 10.1 Å². The SMILES string of the molecule is COc1ccc2c(c1)CCCC21CC(=O)NC1CC(C)C. The number of carbonyl (C=O) groups excluding carboxylic acids is 1. The number of carbonyl (C=O) groups is 1. The monoisotopic (exact) mass is 287 g/mol. The van der Waals surface area contributed by atoms with Gasteiger partial charge in [-0.3, -0.25) is 4.79 Å². The number of rotatable bonds is 3. The predicted molar refractivity (Wildman–Crippen MR) is 83.6 cm³/mol. The van der Waals surface area contributed by atoms with Crippen molar-refractivity contribution in [2.75, 3.05) is 7.11 Å². The maximum Gasteiger partial charge on any atom is 0.221 e. The van der Waals surface area contributed by atoms with Crippen LogP contribution in [0.2, 0.25) is 0 Å². The van der Waals surface area contributed by atoms with Gasteiger partial charge in [-0.25, -0.2) is 0 Å². The molecule has 2 aliphatic rings. The lowest BCUT2D eigenvalue weighted by atomic mass is 9.64. The van der Waals surface area contributed by atoms with E-state index in [4.69, 9.17) is 4.74 Å². The minimum atomic E-state index is 0.00120. The molecule has 1 heterocycles. The highest BCUT2D eigenvalue weighted by molar-refractivity contribution is 5.82. The molecule has 1 spiro atoms. The Morgan fingerprint density at radius 2 is 2.24 bits per heavy atom. The van der Waals surface area contributed by atoms with Gasteiger partial charge in [0.05, 0.1) is 7.11 Å². The van der Waals surface area contributed by atoms with Crippen LogP contribution in [-0.4, -0.2) is 19.1 Å². The summed E-state index contributed by atoms with van der Waals surface area (Å²) in [5, 5.41) is 3.25. The third-order valence-corrected chi connectivity index (χ3v) is 5.10. The Balaban J connectivity index is 2.03. The lowest BCUT2D eigenvalue weighted by Gasteiger charge is -2.40. The van der Waals surface area contributed by atoms with Gasteiger partial charge in [0.25, 0.3) is 0 Å². The number of methoxy groups -OCH3 is 1. The molecule has 3 nitrogen and oxygen atoms in total. The number of benzene rings is 1. The van der Waals surface area contributed by atoms with E-state index in [1.54, 1.807) is 7.11 Å². The zero-order valence-corrected chi connectivity index (χ0v) is 13.2. The Kier molecular flexibility index (Phi) is 3.68. The van der Waals surface area contributed by atoms with E-state index in [0.29, 0.717) is 12.3 Å². The van der Waals surface area contributed by atoms with E-state index < -0.39 is 0 Å². The van der Waals surface area contributed by atoms with Crippen LogP contribution in [0.5, 0.6) is 5.75 Å². The van der Waals surface area contributed by atoms with Crippen molar-refractivity contribution in [2.45, 2.75) is 57.4 Å². The molecule has 2 unspecified atom stereocenters. The van der Waals surface area contributed by atoms with Gasteiger partial charge in [0.15, 0.2) is 0 Å². The lowest BCUT2D eigenvalue weighted by molar-refractivity contribution is -0.119. The van der Waals surface area contributed by atoms with Gasteiger partial charge in [-0.15, -0.1) is 0 Å². The zero-order valence-electron chi connectivity index (χ0n) is 13.2. The Hall–Kier alpha value is -1.51. The topological polar surface area (TPSA) is 38.3 Å². The molecule has 0 bridgehead atoms. The molecular weight excluding hydrogens is 262 g/mol. The second-order valence-corrected chi connectivity index (χ2v) is 6.96. The largest absolute Gasteiger partial charge is 0.497 e. The average molecular weight is 287 g/mol. The maximum absolute atomic E-state index is 12.1. The summed E-state index contributed by atoms with van der Waals surface area (Å²) in [6.45, 7) is 4.46. The van der Waals surface area contributed by atoms with Crippen molar-refractivity contribution in [1.82, 2.24) is 5.32 Å². The summed E-state index contributed by atoms with van der Waals surface area (Å²) in [6, 6.07) is 6.67. The van der Waals surface area contributed by atoms with E-state index in [9.17, 15) is 4.79 Å². The zero-order chi connectivity index (χ0) is 15.0. The van der Waals surface area contributed by atoms with Gasteiger partial charge in [-0.05, 0) is 54.9 Å². The number of hydrogen-bond donors (Lipinski definition) is 1. The normalized spacial score (nSPS) is 27.8. The van der Waals surface area contributed by atoms with Crippen molar-refractivity contribution in [3.8, 4) is 5.75 Å². The second kappa shape index (κ2) is 5.36. The van der Waals surface area contributed by atoms with E-state index in [1.165, 1.54) is 11.1 Å². The van der Waals surface area contributed by atoms with E-state index >= 15 is 0 Å². The number of hydrogen-bond acceptors (Lipinski definition) is 2. The third kappa shape index (κ3) is 2.43. The molecule has 1 aliphatic heterocycles. The molecule has 3 heteroatoms. The van der Waals surface area contributed by atoms with Crippen LogP contribution in [-0.2, 0) is 16.6 Å². The number of aryl methyl sites for hydroxylation is 1. The summed E-state index contributed by atoms with van der Waals surface area (Å²) < 4.78 is 5.36. The Morgan fingerprint density at radius 1 is 1.43 bits per heavy atom. The summed E-state index contributed by atoms with van der Waals surface area (Å²) in [5.41, 5.74) is 2.74. The van der Waals surface area contributed by atoms with Crippen LogP contribution in [0.1, 0.15) is 50.7 Å². The Labute approximate surface area is 127 Å². The fourth-order valence-corrected chi connectivity index (χ4v) is 4.21. The number of ether oxygens (including phenoxy) is 1. The first-order valence-electron chi connectivity index (χ1n) is 8.02. The summed E-state index contributed by atoms with van der Waals surface area (Å²) in [5.74, 6) is 1.72. The van der Waals surface area contributed by atoms with E-state index in [2.05, 4.69) is 31.3 Å². The van der Waals surface area contributed by atoms with Gasteiger partial charge in [0, 0.05) is 17.9 Å². The molecule has 1 amide bonds. The summed E-state index contributed by atoms with van der Waals surface area (Å²) in [6.07, 6.45) is 5.06. The quantitative estimate of drug-likeness (QED) is 0.927. The molecule has 0 radical (unpaired) electrons. The van der Waals surface area contributed by atoms with Crippen molar-refractivity contribution in [3.05, 3.63) is 29.3 Å². The molecule has 1 fully saturated rings. The number of amides is 1. The molecule has 1 aromatic rings. The molecule has 21 heavy (non-hydrogen) atoms. The van der Waals surface area contributed by atoms with Gasteiger partial charge in [0.1, 0.15) is 5.75 Å². The highest BCUT2D eigenvalue weighted by Gasteiger charge is 2.49. The molecule has 1 saturated heterocycles. The fourth-order valence-electron chi connectivity index (χ4n) is 4.21. The van der Waals surface area contributed by atoms with Crippen molar-refractivity contribution in [3.63, 3.8) is 0 Å². The summed E-state index contributed by atoms with van der Waals surface area (Å²) in [7, 11) is 1.71. The molecule has 0 saturated carbocycles. The second-order valence-electron chi connectivity index (χ2n) is 6.96. The van der Waals surface area contributed by atoms with Crippen LogP contribution >= 0.6 is 0 Å². The van der Waals surface area contributed by atoms with Gasteiger partial charge >= 0.3 is 0 Å². The molecule has 1 aliphatic carbocycles. The minimum absolute atomic E-state index is 0.00120. The molecule has 114 valence electrons. The van der Waals surface area contributed by atoms with Crippen LogP contribution in [0.15, 0.2) is 18.2 Å². The average Bonchev–Trinajstić information content (AvgIpc) is 2.74. The third-order valence-electron chi connectivity index (χ3n) is 5.10. The van der Waals surface area contributed by atoms with Gasteiger partial charge in [0.2, 0.25) is 5.91 Å². The summed E-state index contributed by atoms with van der Waals surface area (Å²) in [4.78, 5) is 12.1. The van der Waals surface area contributed by atoms with Gasteiger partial charge in [-0.1, -0.05) is 19.9 Å². The molecule has 2 atom stereocenters. The van der Waals surface area contributed by atoms with Crippen LogP contribution in [0.4, 0.5) is 0 Å². The van der Waals surface area contributed by atoms with Crippen LogP contribution in [0.25, 0.3) is 0 Å². The molecular formula is C18H25NO2. The van der Waals surface area contributed by atoms with Crippen molar-refractivity contribution in [1.29, 1.82) is 0 Å². The van der Waals surface area contributed by atoms with E-state index in [-0.39, 0.29) is 17.4 Å². The van der Waals surface area contributed by atoms with E-state index in [0.717, 1.165) is 31.4 Å².